The van der Waals surface area contributed by atoms with Crippen LogP contribution in [0.3, 0.4) is 0 Å². The molecule has 0 aliphatic heterocycles. The van der Waals surface area contributed by atoms with Crippen LogP contribution in [0.25, 0.3) is 0 Å². The summed E-state index contributed by atoms with van der Waals surface area (Å²) in [6.45, 7) is 0. The molecule has 1 aromatic rings. The third kappa shape index (κ3) is 2.89. The number of carbonyl (C=O) groups is 1. The monoisotopic (exact) mass is 245 g/mol. The Kier molecular flexibility index (Phi) is 4.62. The SMILES string of the molecule is CO[Si](CNC(=O)n1ccnc1)(OC)OC. The van der Waals surface area contributed by atoms with Crippen LogP contribution in [0.1, 0.15) is 0 Å². The average Bonchev–Trinajstić information content (AvgIpc) is 2.85. The summed E-state index contributed by atoms with van der Waals surface area (Å²) in [5.41, 5.74) is 0. The van der Waals surface area contributed by atoms with Crippen molar-refractivity contribution >= 4 is 14.8 Å². The van der Waals surface area contributed by atoms with Crippen LogP contribution in [0.4, 0.5) is 4.79 Å². The number of aromatic nitrogens is 2. The Morgan fingerprint density at radius 2 is 2.00 bits per heavy atom. The number of carbonyl (C=O) groups excluding carboxylic acids is 1. The number of imidazole rings is 1. The second kappa shape index (κ2) is 5.75. The predicted molar refractivity (Wildman–Crippen MR) is 57.8 cm³/mol. The summed E-state index contributed by atoms with van der Waals surface area (Å²) in [5.74, 6) is 0. The molecule has 16 heavy (non-hydrogen) atoms. The zero-order valence-electron chi connectivity index (χ0n) is 9.47. The molecule has 0 aliphatic carbocycles. The van der Waals surface area contributed by atoms with Gasteiger partial charge in [0.25, 0.3) is 0 Å². The van der Waals surface area contributed by atoms with Crippen LogP contribution in [0, 0.1) is 0 Å². The van der Waals surface area contributed by atoms with Gasteiger partial charge >= 0.3 is 14.8 Å². The van der Waals surface area contributed by atoms with Crippen molar-refractivity contribution in [3.63, 3.8) is 0 Å². The minimum Gasteiger partial charge on any atom is -0.376 e. The van der Waals surface area contributed by atoms with Crippen molar-refractivity contribution in [3.8, 4) is 0 Å². The van der Waals surface area contributed by atoms with E-state index in [1.165, 1.54) is 38.4 Å². The molecule has 0 aromatic carbocycles. The first kappa shape index (κ1) is 12.8. The molecule has 8 heteroatoms. The first-order chi connectivity index (χ1) is 7.67. The van der Waals surface area contributed by atoms with Crippen molar-refractivity contribution < 1.29 is 18.1 Å². The summed E-state index contributed by atoms with van der Waals surface area (Å²) < 4.78 is 16.8. The van der Waals surface area contributed by atoms with Crippen molar-refractivity contribution in [3.05, 3.63) is 18.7 Å². The average molecular weight is 245 g/mol. The molecule has 0 radical (unpaired) electrons. The van der Waals surface area contributed by atoms with Crippen LogP contribution in [0.5, 0.6) is 0 Å². The van der Waals surface area contributed by atoms with Crippen molar-refractivity contribution in [2.45, 2.75) is 0 Å². The second-order valence-electron chi connectivity index (χ2n) is 2.92. The van der Waals surface area contributed by atoms with Gasteiger partial charge in [-0.2, -0.15) is 0 Å². The molecule has 0 spiro atoms. The van der Waals surface area contributed by atoms with Gasteiger partial charge in [-0.05, 0) is 0 Å². The third-order valence-electron chi connectivity index (χ3n) is 2.13. The van der Waals surface area contributed by atoms with Crippen LogP contribution in [-0.2, 0) is 13.3 Å². The largest absolute Gasteiger partial charge is 0.520 e. The Balaban J connectivity index is 2.53. The van der Waals surface area contributed by atoms with Gasteiger partial charge in [0, 0.05) is 33.7 Å². The molecular weight excluding hydrogens is 230 g/mol. The minimum absolute atomic E-state index is 0.202. The number of rotatable bonds is 5. The van der Waals surface area contributed by atoms with Gasteiger partial charge in [-0.1, -0.05) is 0 Å². The lowest BCUT2D eigenvalue weighted by Gasteiger charge is -2.24. The van der Waals surface area contributed by atoms with E-state index in [9.17, 15) is 4.79 Å². The Labute approximate surface area is 94.7 Å². The highest BCUT2D eigenvalue weighted by molar-refractivity contribution is 6.61. The van der Waals surface area contributed by atoms with E-state index in [1.807, 2.05) is 0 Å². The van der Waals surface area contributed by atoms with Crippen LogP contribution in [0.2, 0.25) is 0 Å². The van der Waals surface area contributed by atoms with Crippen molar-refractivity contribution in [1.29, 1.82) is 0 Å². The molecular formula is C8H15N3O4Si. The fourth-order valence-corrected chi connectivity index (χ4v) is 2.42. The Hall–Kier alpha value is -1.22. The van der Waals surface area contributed by atoms with Crippen LogP contribution in [-0.4, -0.2) is 51.9 Å². The smallest absolute Gasteiger partial charge is 0.376 e. The van der Waals surface area contributed by atoms with Crippen molar-refractivity contribution in [2.24, 2.45) is 0 Å². The highest BCUT2D eigenvalue weighted by atomic mass is 28.4. The van der Waals surface area contributed by atoms with Gasteiger partial charge in [-0.3, -0.25) is 4.57 Å². The molecule has 7 nitrogen and oxygen atoms in total. The third-order valence-corrected chi connectivity index (χ3v) is 4.60. The van der Waals surface area contributed by atoms with E-state index in [0.717, 1.165) is 0 Å². The maximum Gasteiger partial charge on any atom is 0.520 e. The molecule has 0 aliphatic rings. The first-order valence-corrected chi connectivity index (χ1v) is 6.52. The van der Waals surface area contributed by atoms with Crippen LogP contribution >= 0.6 is 0 Å². The van der Waals surface area contributed by atoms with Crippen molar-refractivity contribution in [2.75, 3.05) is 27.5 Å². The fourth-order valence-electron chi connectivity index (χ4n) is 1.12. The van der Waals surface area contributed by atoms with E-state index >= 15 is 0 Å². The summed E-state index contributed by atoms with van der Waals surface area (Å²) in [5, 5.41) is 2.65. The lowest BCUT2D eigenvalue weighted by atomic mass is 10.8. The van der Waals surface area contributed by atoms with Gasteiger partial charge in [0.2, 0.25) is 0 Å². The highest BCUT2D eigenvalue weighted by Gasteiger charge is 2.38. The van der Waals surface area contributed by atoms with Gasteiger partial charge < -0.3 is 18.6 Å². The molecule has 0 bridgehead atoms. The summed E-state index contributed by atoms with van der Waals surface area (Å²) in [7, 11) is 1.71. The van der Waals surface area contributed by atoms with E-state index < -0.39 is 8.80 Å². The van der Waals surface area contributed by atoms with Crippen LogP contribution < -0.4 is 5.32 Å². The maximum atomic E-state index is 11.6. The van der Waals surface area contributed by atoms with Gasteiger partial charge in [0.15, 0.2) is 0 Å². The number of hydrogen-bond acceptors (Lipinski definition) is 5. The molecule has 1 heterocycles. The summed E-state index contributed by atoms with van der Waals surface area (Å²) in [6, 6.07) is -0.305. The van der Waals surface area contributed by atoms with Gasteiger partial charge in [-0.25, -0.2) is 9.78 Å². The van der Waals surface area contributed by atoms with Gasteiger partial charge in [0.05, 0.1) is 6.17 Å². The van der Waals surface area contributed by atoms with E-state index in [4.69, 9.17) is 13.3 Å². The maximum absolute atomic E-state index is 11.6. The topological polar surface area (TPSA) is 74.6 Å². The molecule has 0 fully saturated rings. The number of nitrogens with one attached hydrogen (secondary N) is 1. The molecule has 1 aromatic heterocycles. The van der Waals surface area contributed by atoms with E-state index in [2.05, 4.69) is 10.3 Å². The zero-order valence-corrected chi connectivity index (χ0v) is 10.5. The molecule has 1 N–H and O–H groups in total. The normalized spacial score (nSPS) is 11.4. The predicted octanol–water partition coefficient (Wildman–Crippen LogP) is -0.142. The molecule has 0 saturated carbocycles. The first-order valence-electron chi connectivity index (χ1n) is 4.59. The number of hydrogen-bond donors (Lipinski definition) is 1. The highest BCUT2D eigenvalue weighted by Crippen LogP contribution is 2.03. The minimum atomic E-state index is -2.76. The number of amides is 1. The summed E-state index contributed by atoms with van der Waals surface area (Å²) in [6.07, 6.45) is 4.68. The Bertz CT molecular complexity index is 318. The molecule has 0 unspecified atom stereocenters. The molecule has 1 amide bonds. The van der Waals surface area contributed by atoms with E-state index in [-0.39, 0.29) is 12.2 Å². The van der Waals surface area contributed by atoms with Gasteiger partial charge in [-0.15, -0.1) is 0 Å². The molecule has 0 saturated heterocycles. The standard InChI is InChI=1S/C8H15N3O4Si/c1-13-16(14-2,15-3)7-10-8(12)11-5-4-9-6-11/h4-6H,7H2,1-3H3,(H,10,12). The number of nitrogens with zero attached hydrogens (tertiary/aromatic N) is 2. The Morgan fingerprint density at radius 3 is 2.44 bits per heavy atom. The molecule has 90 valence electrons. The zero-order chi connectivity index (χ0) is 12.0. The summed E-state index contributed by atoms with van der Waals surface area (Å²) >= 11 is 0. The second-order valence-corrected chi connectivity index (χ2v) is 5.87. The molecule has 0 atom stereocenters. The van der Waals surface area contributed by atoms with E-state index in [0.29, 0.717) is 0 Å². The van der Waals surface area contributed by atoms with Crippen LogP contribution in [0.15, 0.2) is 18.7 Å². The van der Waals surface area contributed by atoms with Crippen molar-refractivity contribution in [1.82, 2.24) is 14.9 Å². The lowest BCUT2D eigenvalue weighted by molar-refractivity contribution is 0.122. The Morgan fingerprint density at radius 1 is 1.38 bits per heavy atom. The fraction of sp³-hybridized carbons (Fsp3) is 0.500. The van der Waals surface area contributed by atoms with Gasteiger partial charge in [0.1, 0.15) is 6.33 Å². The quantitative estimate of drug-likeness (QED) is 0.731. The lowest BCUT2D eigenvalue weighted by Crippen LogP contribution is -2.53. The molecule has 1 rings (SSSR count). The summed E-state index contributed by atoms with van der Waals surface area (Å²) in [4.78, 5) is 15.3. The van der Waals surface area contributed by atoms with E-state index in [1.54, 1.807) is 6.20 Å².